The first-order chi connectivity index (χ1) is 13.8. The van der Waals surface area contributed by atoms with Gasteiger partial charge in [-0.2, -0.15) is 13.5 Å². The molecule has 0 spiro atoms. The van der Waals surface area contributed by atoms with Gasteiger partial charge in [0.1, 0.15) is 5.75 Å². The summed E-state index contributed by atoms with van der Waals surface area (Å²) in [5.41, 5.74) is 1.60. The monoisotopic (exact) mass is 434 g/mol. The van der Waals surface area contributed by atoms with Crippen LogP contribution in [-0.4, -0.2) is 31.1 Å². The Hall–Kier alpha value is -3.04. The number of benzene rings is 2. The second-order valence-electron chi connectivity index (χ2n) is 6.09. The van der Waals surface area contributed by atoms with Crippen molar-refractivity contribution < 1.29 is 17.9 Å². The van der Waals surface area contributed by atoms with Gasteiger partial charge in [-0.25, -0.2) is 0 Å². The number of anilines is 2. The van der Waals surface area contributed by atoms with Crippen molar-refractivity contribution in [1.82, 2.24) is 10.2 Å². The molecule has 1 heterocycles. The van der Waals surface area contributed by atoms with Crippen LogP contribution in [0, 0.1) is 6.92 Å². The molecule has 0 aliphatic heterocycles. The van der Waals surface area contributed by atoms with Crippen LogP contribution in [0.15, 0.2) is 53.6 Å². The third-order valence-corrected chi connectivity index (χ3v) is 5.47. The molecule has 0 saturated heterocycles. The molecule has 3 N–H and O–H groups in total. The highest BCUT2D eigenvalue weighted by Crippen LogP contribution is 2.22. The van der Waals surface area contributed by atoms with E-state index in [-0.39, 0.29) is 10.7 Å². The van der Waals surface area contributed by atoms with Crippen molar-refractivity contribution in [2.75, 3.05) is 16.6 Å². The number of aromatic amines is 1. The summed E-state index contributed by atoms with van der Waals surface area (Å²) in [6.45, 7) is 4.18. The van der Waals surface area contributed by atoms with Crippen molar-refractivity contribution in [2.24, 2.45) is 0 Å². The second kappa shape index (κ2) is 8.54. The summed E-state index contributed by atoms with van der Waals surface area (Å²) in [4.78, 5) is 12.4. The van der Waals surface area contributed by atoms with Gasteiger partial charge >= 0.3 is 0 Å². The smallest absolute Gasteiger partial charge is 0.278 e. The molecule has 8 nitrogen and oxygen atoms in total. The molecule has 0 aliphatic rings. The molecule has 0 saturated carbocycles. The number of hydrogen-bond acceptors (Lipinski definition) is 5. The molecule has 0 atom stereocenters. The molecule has 0 unspecified atom stereocenters. The maximum Gasteiger partial charge on any atom is 0.278 e. The fourth-order valence-electron chi connectivity index (χ4n) is 2.47. The van der Waals surface area contributed by atoms with Crippen LogP contribution in [0.5, 0.6) is 5.75 Å². The van der Waals surface area contributed by atoms with E-state index in [2.05, 4.69) is 20.2 Å². The number of carbonyl (C=O) groups excluding carboxylic acids is 1. The van der Waals surface area contributed by atoms with Crippen LogP contribution in [0.25, 0.3) is 0 Å². The fraction of sp³-hybridized carbons (Fsp3) is 0.158. The molecule has 10 heteroatoms. The summed E-state index contributed by atoms with van der Waals surface area (Å²) in [5, 5.41) is 9.08. The molecule has 0 aliphatic carbocycles. The average Bonchev–Trinajstić information content (AvgIpc) is 3.18. The minimum Gasteiger partial charge on any atom is -0.494 e. The summed E-state index contributed by atoms with van der Waals surface area (Å²) in [5.74, 6) is 0.0707. The maximum atomic E-state index is 12.5. The van der Waals surface area contributed by atoms with E-state index in [1.807, 2.05) is 13.8 Å². The van der Waals surface area contributed by atoms with Crippen molar-refractivity contribution in [3.63, 3.8) is 0 Å². The Kier molecular flexibility index (Phi) is 6.09. The zero-order chi connectivity index (χ0) is 21.0. The van der Waals surface area contributed by atoms with E-state index >= 15 is 0 Å². The lowest BCUT2D eigenvalue weighted by molar-refractivity contribution is 0.102. The maximum absolute atomic E-state index is 12.5. The van der Waals surface area contributed by atoms with Crippen molar-refractivity contribution >= 4 is 38.9 Å². The van der Waals surface area contributed by atoms with Crippen LogP contribution in [0.3, 0.4) is 0 Å². The van der Waals surface area contributed by atoms with E-state index in [9.17, 15) is 13.2 Å². The Bertz CT molecular complexity index is 1130. The highest BCUT2D eigenvalue weighted by molar-refractivity contribution is 7.92. The summed E-state index contributed by atoms with van der Waals surface area (Å²) in [6.07, 6.45) is 0. The third-order valence-electron chi connectivity index (χ3n) is 3.94. The molecule has 0 radical (unpaired) electrons. The number of aryl methyl sites for hydroxylation is 1. The number of sulfonamides is 1. The van der Waals surface area contributed by atoms with Crippen molar-refractivity contribution in [1.29, 1.82) is 0 Å². The molecule has 1 amide bonds. The van der Waals surface area contributed by atoms with Gasteiger partial charge in [-0.05, 0) is 55.8 Å². The number of ether oxygens (including phenoxy) is 1. The second-order valence-corrected chi connectivity index (χ2v) is 8.18. The van der Waals surface area contributed by atoms with Gasteiger partial charge in [0.15, 0.2) is 10.7 Å². The summed E-state index contributed by atoms with van der Waals surface area (Å²) >= 11 is 5.95. The molecule has 2 aromatic carbocycles. The number of halogens is 1. The molecular formula is C19H19ClN4O4S. The van der Waals surface area contributed by atoms with Crippen LogP contribution in [-0.2, 0) is 10.0 Å². The number of H-pyrrole nitrogens is 1. The SMILES string of the molecule is CCOc1ccc(NS(=O)(=O)c2cc(C(=O)Nc3cc(Cl)ccc3C)n[nH]2)cc1. The Balaban J connectivity index is 1.73. The molecule has 29 heavy (non-hydrogen) atoms. The fourth-order valence-corrected chi connectivity index (χ4v) is 3.63. The van der Waals surface area contributed by atoms with Gasteiger partial charge in [0.2, 0.25) is 0 Å². The molecule has 152 valence electrons. The zero-order valence-electron chi connectivity index (χ0n) is 15.7. The van der Waals surface area contributed by atoms with E-state index in [1.54, 1.807) is 42.5 Å². The van der Waals surface area contributed by atoms with Crippen LogP contribution in [0.1, 0.15) is 23.0 Å². The highest BCUT2D eigenvalue weighted by Gasteiger charge is 2.20. The van der Waals surface area contributed by atoms with Crippen LogP contribution in [0.2, 0.25) is 5.02 Å². The molecule has 3 aromatic rings. The normalized spacial score (nSPS) is 11.1. The first-order valence-corrected chi connectivity index (χ1v) is 10.5. The Labute approximate surface area is 173 Å². The minimum atomic E-state index is -3.95. The number of amides is 1. The van der Waals surface area contributed by atoms with Gasteiger partial charge in [0.25, 0.3) is 15.9 Å². The van der Waals surface area contributed by atoms with Crippen LogP contribution >= 0.6 is 11.6 Å². The number of nitrogens with one attached hydrogen (secondary N) is 3. The number of aromatic nitrogens is 2. The van der Waals surface area contributed by atoms with E-state index in [0.29, 0.717) is 28.8 Å². The molecule has 3 rings (SSSR count). The van der Waals surface area contributed by atoms with Crippen molar-refractivity contribution in [3.05, 3.63) is 64.8 Å². The zero-order valence-corrected chi connectivity index (χ0v) is 17.3. The Morgan fingerprint density at radius 2 is 1.90 bits per heavy atom. The van der Waals surface area contributed by atoms with Crippen LogP contribution in [0.4, 0.5) is 11.4 Å². The van der Waals surface area contributed by atoms with E-state index in [4.69, 9.17) is 16.3 Å². The van der Waals surface area contributed by atoms with E-state index in [0.717, 1.165) is 11.6 Å². The topological polar surface area (TPSA) is 113 Å². The van der Waals surface area contributed by atoms with Crippen LogP contribution < -0.4 is 14.8 Å². The standard InChI is InChI=1S/C19H19ClN4O4S/c1-3-28-15-8-6-14(7-9-15)24-29(26,27)18-11-17(22-23-18)19(25)21-16-10-13(20)5-4-12(16)2/h4-11,24H,3H2,1-2H3,(H,21,25)(H,22,23). The highest BCUT2D eigenvalue weighted by atomic mass is 35.5. The van der Waals surface area contributed by atoms with E-state index < -0.39 is 15.9 Å². The van der Waals surface area contributed by atoms with Gasteiger partial charge in [-0.15, -0.1) is 0 Å². The van der Waals surface area contributed by atoms with Gasteiger partial charge in [-0.3, -0.25) is 14.6 Å². The number of carbonyl (C=O) groups is 1. The van der Waals surface area contributed by atoms with Crippen molar-refractivity contribution in [2.45, 2.75) is 18.9 Å². The average molecular weight is 435 g/mol. The molecular weight excluding hydrogens is 416 g/mol. The van der Waals surface area contributed by atoms with Gasteiger partial charge in [0.05, 0.1) is 6.61 Å². The number of hydrogen-bond donors (Lipinski definition) is 3. The predicted molar refractivity (Wildman–Crippen MR) is 111 cm³/mol. The molecule has 1 aromatic heterocycles. The number of nitrogens with zero attached hydrogens (tertiary/aromatic N) is 1. The van der Waals surface area contributed by atoms with Gasteiger partial charge < -0.3 is 10.1 Å². The third kappa shape index (κ3) is 5.07. The Morgan fingerprint density at radius 3 is 2.59 bits per heavy atom. The van der Waals surface area contributed by atoms with Crippen molar-refractivity contribution in [3.8, 4) is 5.75 Å². The lowest BCUT2D eigenvalue weighted by Gasteiger charge is -2.08. The minimum absolute atomic E-state index is 0.0727. The largest absolute Gasteiger partial charge is 0.494 e. The quantitative estimate of drug-likeness (QED) is 0.523. The molecule has 0 fully saturated rings. The lowest BCUT2D eigenvalue weighted by Crippen LogP contribution is -2.14. The number of rotatable bonds is 7. The summed E-state index contributed by atoms with van der Waals surface area (Å²) in [7, 11) is -3.95. The first kappa shape index (κ1) is 20.7. The first-order valence-electron chi connectivity index (χ1n) is 8.67. The van der Waals surface area contributed by atoms with E-state index in [1.165, 1.54) is 0 Å². The summed E-state index contributed by atoms with van der Waals surface area (Å²) < 4.78 is 32.8. The van der Waals surface area contributed by atoms with Gasteiger partial charge in [-0.1, -0.05) is 17.7 Å². The molecule has 0 bridgehead atoms. The Morgan fingerprint density at radius 1 is 1.17 bits per heavy atom. The predicted octanol–water partition coefficient (Wildman–Crippen LogP) is 3.82. The van der Waals surface area contributed by atoms with Gasteiger partial charge in [0, 0.05) is 22.5 Å². The summed E-state index contributed by atoms with van der Waals surface area (Å²) in [6, 6.07) is 12.7. The lowest BCUT2D eigenvalue weighted by atomic mass is 10.2.